The fraction of sp³-hybridized carbons (Fsp3) is 0.615. The second-order valence-corrected chi connectivity index (χ2v) is 5.08. The summed E-state index contributed by atoms with van der Waals surface area (Å²) in [4.78, 5) is 12.1. The molecular formula is C13H20ClN3O2. The minimum Gasteiger partial charge on any atom is -0.374 e. The van der Waals surface area contributed by atoms with E-state index in [1.807, 2.05) is 29.9 Å². The third-order valence-electron chi connectivity index (χ3n) is 3.86. The number of halogens is 1. The first-order chi connectivity index (χ1) is 8.75. The largest absolute Gasteiger partial charge is 0.374 e. The van der Waals surface area contributed by atoms with Crippen LogP contribution in [0, 0.1) is 0 Å². The van der Waals surface area contributed by atoms with E-state index in [4.69, 9.17) is 4.74 Å². The first kappa shape index (κ1) is 14.4. The molecule has 0 saturated carbocycles. The molecule has 2 N–H and O–H groups in total. The van der Waals surface area contributed by atoms with Crippen molar-refractivity contribution in [3.63, 3.8) is 0 Å². The highest BCUT2D eigenvalue weighted by molar-refractivity contribution is 5.93. The van der Waals surface area contributed by atoms with Crippen LogP contribution < -0.4 is 10.6 Å². The zero-order valence-corrected chi connectivity index (χ0v) is 11.8. The Labute approximate surface area is 119 Å². The SMILES string of the molecule is Cl.Cn1cccc1C(=O)N[C@@H]1CN[C@@H]2CCCO[C@@H]21. The maximum absolute atomic E-state index is 12.1. The van der Waals surface area contributed by atoms with Crippen LogP contribution in [0.1, 0.15) is 23.3 Å². The maximum atomic E-state index is 12.1. The van der Waals surface area contributed by atoms with Gasteiger partial charge in [0.15, 0.2) is 0 Å². The van der Waals surface area contributed by atoms with Crippen LogP contribution in [0.15, 0.2) is 18.3 Å². The normalized spacial score (nSPS) is 29.4. The lowest BCUT2D eigenvalue weighted by molar-refractivity contribution is -0.00220. The molecule has 1 aromatic rings. The highest BCUT2D eigenvalue weighted by atomic mass is 35.5. The number of nitrogens with zero attached hydrogens (tertiary/aromatic N) is 1. The fourth-order valence-corrected chi connectivity index (χ4v) is 2.88. The summed E-state index contributed by atoms with van der Waals surface area (Å²) in [7, 11) is 1.88. The van der Waals surface area contributed by atoms with Crippen LogP contribution in [0.3, 0.4) is 0 Å². The van der Waals surface area contributed by atoms with Gasteiger partial charge in [-0.15, -0.1) is 12.4 Å². The summed E-state index contributed by atoms with van der Waals surface area (Å²) in [6.07, 6.45) is 4.25. The second kappa shape index (κ2) is 5.94. The minimum atomic E-state index is -0.0240. The van der Waals surface area contributed by atoms with Gasteiger partial charge in [0.25, 0.3) is 5.91 Å². The molecule has 0 radical (unpaired) electrons. The van der Waals surface area contributed by atoms with E-state index in [1.54, 1.807) is 0 Å². The molecule has 2 fully saturated rings. The van der Waals surface area contributed by atoms with Crippen molar-refractivity contribution in [2.45, 2.75) is 31.0 Å². The van der Waals surface area contributed by atoms with Gasteiger partial charge in [0.2, 0.25) is 0 Å². The zero-order chi connectivity index (χ0) is 12.5. The number of amides is 1. The number of carbonyl (C=O) groups is 1. The van der Waals surface area contributed by atoms with Crippen LogP contribution >= 0.6 is 12.4 Å². The smallest absolute Gasteiger partial charge is 0.268 e. The summed E-state index contributed by atoms with van der Waals surface area (Å²) < 4.78 is 7.61. The van der Waals surface area contributed by atoms with Crippen molar-refractivity contribution < 1.29 is 9.53 Å². The second-order valence-electron chi connectivity index (χ2n) is 5.08. The Morgan fingerprint density at radius 1 is 1.58 bits per heavy atom. The average Bonchev–Trinajstić information content (AvgIpc) is 2.97. The van der Waals surface area contributed by atoms with Crippen molar-refractivity contribution in [2.75, 3.05) is 13.2 Å². The van der Waals surface area contributed by atoms with E-state index < -0.39 is 0 Å². The molecule has 2 aliphatic rings. The Bertz CT molecular complexity index is 449. The standard InChI is InChI=1S/C13H19N3O2.ClH/c1-16-6-2-5-11(16)13(17)15-10-8-14-9-4-3-7-18-12(9)10;/h2,5-6,9-10,12,14H,3-4,7-8H2,1H3,(H,15,17);1H/t9-,10-,12+;/m1./s1. The third-order valence-corrected chi connectivity index (χ3v) is 3.86. The molecule has 106 valence electrons. The molecule has 19 heavy (non-hydrogen) atoms. The van der Waals surface area contributed by atoms with E-state index >= 15 is 0 Å². The highest BCUT2D eigenvalue weighted by Crippen LogP contribution is 2.21. The lowest BCUT2D eigenvalue weighted by atomic mass is 10.0. The van der Waals surface area contributed by atoms with Crippen LogP contribution in [-0.2, 0) is 11.8 Å². The summed E-state index contributed by atoms with van der Waals surface area (Å²) in [5.74, 6) is -0.0240. The Hall–Kier alpha value is -1.04. The first-order valence-corrected chi connectivity index (χ1v) is 6.53. The first-order valence-electron chi connectivity index (χ1n) is 6.53. The van der Waals surface area contributed by atoms with Gasteiger partial charge in [-0.3, -0.25) is 4.79 Å². The lowest BCUT2D eigenvalue weighted by Crippen LogP contribution is -2.47. The van der Waals surface area contributed by atoms with Gasteiger partial charge in [0, 0.05) is 32.4 Å². The predicted octanol–water partition coefficient (Wildman–Crippen LogP) is 0.696. The van der Waals surface area contributed by atoms with Gasteiger partial charge >= 0.3 is 0 Å². The van der Waals surface area contributed by atoms with E-state index in [-0.39, 0.29) is 30.5 Å². The van der Waals surface area contributed by atoms with Crippen LogP contribution in [0.5, 0.6) is 0 Å². The van der Waals surface area contributed by atoms with Crippen molar-refractivity contribution in [2.24, 2.45) is 7.05 Å². The Morgan fingerprint density at radius 2 is 2.42 bits per heavy atom. The van der Waals surface area contributed by atoms with Crippen LogP contribution in [-0.4, -0.2) is 41.8 Å². The van der Waals surface area contributed by atoms with Gasteiger partial charge in [-0.2, -0.15) is 0 Å². The molecule has 0 spiro atoms. The Morgan fingerprint density at radius 3 is 3.16 bits per heavy atom. The van der Waals surface area contributed by atoms with Crippen LogP contribution in [0.4, 0.5) is 0 Å². The van der Waals surface area contributed by atoms with Crippen molar-refractivity contribution in [1.82, 2.24) is 15.2 Å². The number of nitrogens with one attached hydrogen (secondary N) is 2. The molecule has 3 rings (SSSR count). The molecule has 1 aromatic heterocycles. The highest BCUT2D eigenvalue weighted by Gasteiger charge is 2.39. The predicted molar refractivity (Wildman–Crippen MR) is 74.7 cm³/mol. The van der Waals surface area contributed by atoms with Crippen LogP contribution in [0.2, 0.25) is 0 Å². The minimum absolute atomic E-state index is 0. The molecule has 2 saturated heterocycles. The van der Waals surface area contributed by atoms with Gasteiger partial charge < -0.3 is 19.9 Å². The molecule has 3 atom stereocenters. The van der Waals surface area contributed by atoms with E-state index in [0.717, 1.165) is 26.0 Å². The number of fused-ring (bicyclic) bond motifs is 1. The number of hydrogen-bond acceptors (Lipinski definition) is 3. The summed E-state index contributed by atoms with van der Waals surface area (Å²) >= 11 is 0. The molecule has 2 aliphatic heterocycles. The number of aryl methyl sites for hydroxylation is 1. The topological polar surface area (TPSA) is 55.3 Å². The molecule has 0 aromatic carbocycles. The molecule has 0 aliphatic carbocycles. The molecule has 3 heterocycles. The quantitative estimate of drug-likeness (QED) is 0.841. The van der Waals surface area contributed by atoms with Gasteiger partial charge in [0.05, 0.1) is 12.1 Å². The summed E-state index contributed by atoms with van der Waals surface area (Å²) in [5, 5.41) is 6.50. The van der Waals surface area contributed by atoms with Crippen molar-refractivity contribution >= 4 is 18.3 Å². The van der Waals surface area contributed by atoms with Gasteiger partial charge in [0.1, 0.15) is 5.69 Å². The van der Waals surface area contributed by atoms with Crippen molar-refractivity contribution in [1.29, 1.82) is 0 Å². The van der Waals surface area contributed by atoms with Crippen molar-refractivity contribution in [3.8, 4) is 0 Å². The number of rotatable bonds is 2. The Balaban J connectivity index is 0.00000133. The van der Waals surface area contributed by atoms with Crippen LogP contribution in [0.25, 0.3) is 0 Å². The molecule has 1 amide bonds. The monoisotopic (exact) mass is 285 g/mol. The fourth-order valence-electron chi connectivity index (χ4n) is 2.88. The van der Waals surface area contributed by atoms with E-state index in [0.29, 0.717) is 11.7 Å². The average molecular weight is 286 g/mol. The van der Waals surface area contributed by atoms with E-state index in [1.165, 1.54) is 0 Å². The summed E-state index contributed by atoms with van der Waals surface area (Å²) in [6, 6.07) is 4.19. The van der Waals surface area contributed by atoms with Crippen molar-refractivity contribution in [3.05, 3.63) is 24.0 Å². The molecule has 0 bridgehead atoms. The zero-order valence-electron chi connectivity index (χ0n) is 11.0. The number of aromatic nitrogens is 1. The number of ether oxygens (including phenoxy) is 1. The molecule has 0 unspecified atom stereocenters. The number of hydrogen-bond donors (Lipinski definition) is 2. The van der Waals surface area contributed by atoms with Gasteiger partial charge in [-0.1, -0.05) is 0 Å². The molecular weight excluding hydrogens is 266 g/mol. The van der Waals surface area contributed by atoms with Gasteiger partial charge in [-0.05, 0) is 25.0 Å². The third kappa shape index (κ3) is 2.78. The Kier molecular flexibility index (Phi) is 4.50. The maximum Gasteiger partial charge on any atom is 0.268 e. The lowest BCUT2D eigenvalue weighted by Gasteiger charge is -2.29. The summed E-state index contributed by atoms with van der Waals surface area (Å²) in [6.45, 7) is 1.60. The summed E-state index contributed by atoms with van der Waals surface area (Å²) in [5.41, 5.74) is 0.689. The molecule has 6 heteroatoms. The number of carbonyl (C=O) groups excluding carboxylic acids is 1. The van der Waals surface area contributed by atoms with E-state index in [9.17, 15) is 4.79 Å². The van der Waals surface area contributed by atoms with E-state index in [2.05, 4.69) is 10.6 Å². The van der Waals surface area contributed by atoms with Gasteiger partial charge in [-0.25, -0.2) is 0 Å². The molecule has 5 nitrogen and oxygen atoms in total.